The molecule has 0 bridgehead atoms. The molecule has 0 saturated carbocycles. The number of hydrogen-bond acceptors (Lipinski definition) is 3. The second kappa shape index (κ2) is 4.94. The zero-order valence-corrected chi connectivity index (χ0v) is 11.8. The molecule has 0 radical (unpaired) electrons. The van der Waals surface area contributed by atoms with Crippen molar-refractivity contribution < 1.29 is 0 Å². The number of benzene rings is 1. The molecule has 3 nitrogen and oxygen atoms in total. The van der Waals surface area contributed by atoms with Crippen molar-refractivity contribution in [1.82, 2.24) is 9.78 Å². The average Bonchev–Trinajstić information content (AvgIpc) is 2.58. The highest BCUT2D eigenvalue weighted by molar-refractivity contribution is 9.10. The molecule has 0 aliphatic heterocycles. The predicted molar refractivity (Wildman–Crippen MR) is 70.9 cm³/mol. The molecule has 0 aliphatic carbocycles. The lowest BCUT2D eigenvalue weighted by atomic mass is 10.2. The second-order valence-electron chi connectivity index (χ2n) is 3.57. The first-order valence-corrected chi connectivity index (χ1v) is 6.60. The van der Waals surface area contributed by atoms with Crippen molar-refractivity contribution in [2.45, 2.75) is 16.8 Å². The van der Waals surface area contributed by atoms with E-state index in [-0.39, 0.29) is 0 Å². The number of hydrogen-bond donors (Lipinski definition) is 0. The average molecular weight is 308 g/mol. The SMILES string of the molecule is Cc1cc(Sc2cccc(Br)c2C#N)n(C)n1. The van der Waals surface area contributed by atoms with Gasteiger partial charge in [-0.15, -0.1) is 0 Å². The summed E-state index contributed by atoms with van der Waals surface area (Å²) in [6.07, 6.45) is 0. The van der Waals surface area contributed by atoms with E-state index in [1.807, 2.05) is 42.9 Å². The van der Waals surface area contributed by atoms with Crippen LogP contribution in [-0.2, 0) is 7.05 Å². The van der Waals surface area contributed by atoms with E-state index in [1.54, 1.807) is 11.8 Å². The lowest BCUT2D eigenvalue weighted by Gasteiger charge is -2.05. The fourth-order valence-electron chi connectivity index (χ4n) is 1.49. The molecule has 0 saturated heterocycles. The molecular formula is C12H10BrN3S. The Hall–Kier alpha value is -1.25. The van der Waals surface area contributed by atoms with Gasteiger partial charge in [0, 0.05) is 16.4 Å². The zero-order valence-electron chi connectivity index (χ0n) is 9.44. The van der Waals surface area contributed by atoms with Crippen molar-refractivity contribution in [2.24, 2.45) is 7.05 Å². The molecule has 1 aromatic heterocycles. The molecule has 1 heterocycles. The maximum Gasteiger partial charge on any atom is 0.102 e. The van der Waals surface area contributed by atoms with Crippen LogP contribution < -0.4 is 0 Å². The van der Waals surface area contributed by atoms with Gasteiger partial charge in [0.25, 0.3) is 0 Å². The molecule has 2 rings (SSSR count). The van der Waals surface area contributed by atoms with Gasteiger partial charge in [-0.25, -0.2) is 0 Å². The third-order valence-corrected chi connectivity index (χ3v) is 4.07. The van der Waals surface area contributed by atoms with Crippen LogP contribution in [0.15, 0.2) is 38.7 Å². The smallest absolute Gasteiger partial charge is 0.102 e. The molecule has 0 fully saturated rings. The van der Waals surface area contributed by atoms with Crippen LogP contribution in [0.25, 0.3) is 0 Å². The Labute approximate surface area is 113 Å². The van der Waals surface area contributed by atoms with Gasteiger partial charge in [0.1, 0.15) is 6.07 Å². The van der Waals surface area contributed by atoms with Gasteiger partial charge in [0.15, 0.2) is 0 Å². The summed E-state index contributed by atoms with van der Waals surface area (Å²) in [5.41, 5.74) is 1.64. The fourth-order valence-corrected chi connectivity index (χ4v) is 3.11. The van der Waals surface area contributed by atoms with Crippen molar-refractivity contribution in [3.63, 3.8) is 0 Å². The van der Waals surface area contributed by atoms with E-state index < -0.39 is 0 Å². The van der Waals surface area contributed by atoms with E-state index >= 15 is 0 Å². The summed E-state index contributed by atoms with van der Waals surface area (Å²) < 4.78 is 2.64. The highest BCUT2D eigenvalue weighted by Gasteiger charge is 2.10. The third kappa shape index (κ3) is 2.54. The van der Waals surface area contributed by atoms with Crippen LogP contribution in [0.1, 0.15) is 11.3 Å². The number of rotatable bonds is 2. The molecule has 0 spiro atoms. The summed E-state index contributed by atoms with van der Waals surface area (Å²) in [6, 6.07) is 9.96. The maximum atomic E-state index is 9.14. The lowest BCUT2D eigenvalue weighted by Crippen LogP contribution is -1.93. The Kier molecular flexibility index (Phi) is 3.55. The molecule has 86 valence electrons. The zero-order chi connectivity index (χ0) is 12.4. The Morgan fingerprint density at radius 1 is 1.47 bits per heavy atom. The Morgan fingerprint density at radius 2 is 2.24 bits per heavy atom. The molecule has 0 amide bonds. The molecule has 2 aromatic rings. The van der Waals surface area contributed by atoms with Gasteiger partial charge >= 0.3 is 0 Å². The van der Waals surface area contributed by atoms with E-state index in [0.717, 1.165) is 20.1 Å². The summed E-state index contributed by atoms with van der Waals surface area (Å²) in [6.45, 7) is 1.95. The molecule has 1 aromatic carbocycles. The van der Waals surface area contributed by atoms with E-state index in [1.165, 1.54) is 0 Å². The largest absolute Gasteiger partial charge is 0.262 e. The van der Waals surface area contributed by atoms with Crippen molar-refractivity contribution in [3.05, 3.63) is 40.0 Å². The number of aromatic nitrogens is 2. The molecule has 0 aliphatic rings. The molecule has 0 N–H and O–H groups in total. The number of halogens is 1. The van der Waals surface area contributed by atoms with Crippen LogP contribution in [-0.4, -0.2) is 9.78 Å². The number of aryl methyl sites for hydroxylation is 2. The van der Waals surface area contributed by atoms with Crippen LogP contribution in [0, 0.1) is 18.3 Å². The van der Waals surface area contributed by atoms with Gasteiger partial charge in [-0.2, -0.15) is 10.4 Å². The Bertz CT molecular complexity index is 598. The van der Waals surface area contributed by atoms with Crippen LogP contribution in [0.5, 0.6) is 0 Å². The van der Waals surface area contributed by atoms with Crippen molar-refractivity contribution in [2.75, 3.05) is 0 Å². The summed E-state index contributed by atoms with van der Waals surface area (Å²) in [4.78, 5) is 0.935. The molecule has 5 heteroatoms. The van der Waals surface area contributed by atoms with Gasteiger partial charge < -0.3 is 0 Å². The van der Waals surface area contributed by atoms with Crippen molar-refractivity contribution >= 4 is 27.7 Å². The quantitative estimate of drug-likeness (QED) is 0.852. The van der Waals surface area contributed by atoms with E-state index in [9.17, 15) is 0 Å². The highest BCUT2D eigenvalue weighted by Crippen LogP contribution is 2.33. The minimum Gasteiger partial charge on any atom is -0.262 e. The summed E-state index contributed by atoms with van der Waals surface area (Å²) >= 11 is 4.93. The van der Waals surface area contributed by atoms with Crippen molar-refractivity contribution in [1.29, 1.82) is 5.26 Å². The molecule has 17 heavy (non-hydrogen) atoms. The van der Waals surface area contributed by atoms with Crippen LogP contribution in [0.3, 0.4) is 0 Å². The molecule has 0 atom stereocenters. The van der Waals surface area contributed by atoms with E-state index in [2.05, 4.69) is 27.1 Å². The maximum absolute atomic E-state index is 9.14. The second-order valence-corrected chi connectivity index (χ2v) is 5.49. The standard InChI is InChI=1S/C12H10BrN3S/c1-8-6-12(16(2)15-8)17-11-5-3-4-10(13)9(11)7-14/h3-6H,1-2H3. The normalized spacial score (nSPS) is 10.2. The Balaban J connectivity index is 2.40. The molecule has 0 unspecified atom stereocenters. The number of nitriles is 1. The van der Waals surface area contributed by atoms with Crippen LogP contribution >= 0.6 is 27.7 Å². The summed E-state index contributed by atoms with van der Waals surface area (Å²) in [5, 5.41) is 14.4. The van der Waals surface area contributed by atoms with Gasteiger partial charge in [-0.3, -0.25) is 4.68 Å². The fraction of sp³-hybridized carbons (Fsp3) is 0.167. The van der Waals surface area contributed by atoms with Crippen LogP contribution in [0.2, 0.25) is 0 Å². The van der Waals surface area contributed by atoms with Gasteiger partial charge in [0.05, 0.1) is 16.3 Å². The molecular weight excluding hydrogens is 298 g/mol. The van der Waals surface area contributed by atoms with Gasteiger partial charge in [-0.1, -0.05) is 17.8 Å². The van der Waals surface area contributed by atoms with Crippen molar-refractivity contribution in [3.8, 4) is 6.07 Å². The third-order valence-electron chi connectivity index (χ3n) is 2.26. The predicted octanol–water partition coefficient (Wildman–Crippen LogP) is 3.51. The van der Waals surface area contributed by atoms with Crippen LogP contribution in [0.4, 0.5) is 0 Å². The van der Waals surface area contributed by atoms with E-state index in [4.69, 9.17) is 5.26 Å². The monoisotopic (exact) mass is 307 g/mol. The summed E-state index contributed by atoms with van der Waals surface area (Å²) in [5.74, 6) is 0. The lowest BCUT2D eigenvalue weighted by molar-refractivity contribution is 0.692. The first-order chi connectivity index (χ1) is 8.11. The highest BCUT2D eigenvalue weighted by atomic mass is 79.9. The first kappa shape index (κ1) is 12.2. The minimum absolute atomic E-state index is 0.663. The van der Waals surface area contributed by atoms with Gasteiger partial charge in [0.2, 0.25) is 0 Å². The summed E-state index contributed by atoms with van der Waals surface area (Å²) in [7, 11) is 1.90. The minimum atomic E-state index is 0.663. The van der Waals surface area contributed by atoms with Gasteiger partial charge in [-0.05, 0) is 41.1 Å². The topological polar surface area (TPSA) is 41.6 Å². The van der Waals surface area contributed by atoms with E-state index in [0.29, 0.717) is 5.56 Å². The first-order valence-electron chi connectivity index (χ1n) is 4.99. The number of nitrogens with zero attached hydrogens (tertiary/aromatic N) is 3. The Morgan fingerprint density at radius 3 is 2.82 bits per heavy atom.